The van der Waals surface area contributed by atoms with Crippen molar-refractivity contribution in [2.45, 2.75) is 38.6 Å². The number of Topliss-reactive ketones (excluding diaryl/α,β-unsaturated/α-hetero) is 1. The first-order chi connectivity index (χ1) is 18.1. The maximum atomic E-state index is 13.7. The van der Waals surface area contributed by atoms with E-state index in [1.165, 1.54) is 0 Å². The molecular formula is C25H25F4N3O7. The average Bonchev–Trinajstić information content (AvgIpc) is 2.84. The number of nitrogens with one attached hydrogen (secondary N) is 3. The van der Waals surface area contributed by atoms with Gasteiger partial charge in [0.25, 0.3) is 0 Å². The van der Waals surface area contributed by atoms with Crippen molar-refractivity contribution < 1.29 is 51.4 Å². The van der Waals surface area contributed by atoms with Crippen LogP contribution in [0.1, 0.15) is 32.8 Å². The molecule has 0 spiro atoms. The van der Waals surface area contributed by atoms with E-state index in [9.17, 15) is 41.5 Å². The van der Waals surface area contributed by atoms with E-state index in [2.05, 4.69) is 10.1 Å². The van der Waals surface area contributed by atoms with Crippen LogP contribution in [0.3, 0.4) is 0 Å². The summed E-state index contributed by atoms with van der Waals surface area (Å²) >= 11 is 0. The molecule has 14 heteroatoms. The molecule has 0 heterocycles. The molecule has 0 aliphatic carbocycles. The third-order valence-electron chi connectivity index (χ3n) is 5.13. The SMILES string of the molecule is CC(C)(C)c1ccccc1NC(=O)C(=O)NCC(=O)N[C@@H](CC(=O)O)C(=O)COc1c(F)c(F)cc(F)c1F. The summed E-state index contributed by atoms with van der Waals surface area (Å²) in [6.45, 7) is 3.57. The molecule has 39 heavy (non-hydrogen) atoms. The lowest BCUT2D eigenvalue weighted by Gasteiger charge is -2.22. The number of amides is 3. The zero-order chi connectivity index (χ0) is 29.5. The van der Waals surface area contributed by atoms with Gasteiger partial charge in [0.1, 0.15) is 12.6 Å². The quantitative estimate of drug-likeness (QED) is 0.199. The first kappa shape index (κ1) is 30.7. The second kappa shape index (κ2) is 12.8. The van der Waals surface area contributed by atoms with Crippen molar-refractivity contribution in [2.24, 2.45) is 0 Å². The number of hydrogen-bond donors (Lipinski definition) is 4. The minimum atomic E-state index is -1.92. The summed E-state index contributed by atoms with van der Waals surface area (Å²) in [6, 6.07) is 4.85. The minimum Gasteiger partial charge on any atom is -0.481 e. The number of carbonyl (C=O) groups excluding carboxylic acids is 4. The highest BCUT2D eigenvalue weighted by Gasteiger charge is 2.27. The predicted octanol–water partition coefficient (Wildman–Crippen LogP) is 2.20. The van der Waals surface area contributed by atoms with Gasteiger partial charge in [-0.1, -0.05) is 39.0 Å². The summed E-state index contributed by atoms with van der Waals surface area (Å²) in [5.74, 6) is -15.2. The van der Waals surface area contributed by atoms with Crippen molar-refractivity contribution in [3.63, 3.8) is 0 Å². The van der Waals surface area contributed by atoms with Crippen LogP contribution in [-0.4, -0.2) is 53.8 Å². The van der Waals surface area contributed by atoms with E-state index in [0.29, 0.717) is 5.69 Å². The smallest absolute Gasteiger partial charge is 0.313 e. The van der Waals surface area contributed by atoms with Gasteiger partial charge in [-0.25, -0.2) is 8.78 Å². The van der Waals surface area contributed by atoms with E-state index in [1.807, 2.05) is 31.4 Å². The molecule has 4 N–H and O–H groups in total. The third kappa shape index (κ3) is 8.51. The normalized spacial score (nSPS) is 11.8. The zero-order valence-corrected chi connectivity index (χ0v) is 21.0. The number of carbonyl (C=O) groups is 5. The molecule has 0 radical (unpaired) electrons. The Morgan fingerprint density at radius 1 is 0.949 bits per heavy atom. The number of aliphatic carboxylic acids is 1. The number of anilines is 1. The molecule has 1 atom stereocenters. The van der Waals surface area contributed by atoms with Gasteiger partial charge in [0.15, 0.2) is 23.2 Å². The van der Waals surface area contributed by atoms with Crippen LogP contribution >= 0.6 is 0 Å². The van der Waals surface area contributed by atoms with Crippen molar-refractivity contribution in [3.8, 4) is 5.75 Å². The Hall–Kier alpha value is -4.49. The van der Waals surface area contributed by atoms with E-state index in [0.717, 1.165) is 5.56 Å². The van der Waals surface area contributed by atoms with Crippen LogP contribution in [0.5, 0.6) is 5.75 Å². The van der Waals surface area contributed by atoms with Crippen LogP contribution in [0.25, 0.3) is 0 Å². The molecule has 0 fully saturated rings. The molecule has 0 bridgehead atoms. The Labute approximate surface area is 219 Å². The van der Waals surface area contributed by atoms with E-state index < -0.39 is 84.1 Å². The summed E-state index contributed by atoms with van der Waals surface area (Å²) in [5, 5.41) is 15.4. The van der Waals surface area contributed by atoms with Crippen LogP contribution in [0, 0.1) is 23.3 Å². The van der Waals surface area contributed by atoms with Gasteiger partial charge in [0, 0.05) is 11.8 Å². The molecule has 0 saturated carbocycles. The van der Waals surface area contributed by atoms with Crippen LogP contribution in [0.2, 0.25) is 0 Å². The van der Waals surface area contributed by atoms with Gasteiger partial charge in [-0.15, -0.1) is 0 Å². The second-order valence-corrected chi connectivity index (χ2v) is 9.20. The van der Waals surface area contributed by atoms with Crippen molar-refractivity contribution in [3.05, 3.63) is 59.2 Å². The number of rotatable bonds is 10. The molecule has 2 aromatic rings. The highest BCUT2D eigenvalue weighted by molar-refractivity contribution is 6.40. The van der Waals surface area contributed by atoms with E-state index >= 15 is 0 Å². The molecular weight excluding hydrogens is 530 g/mol. The van der Waals surface area contributed by atoms with Crippen LogP contribution in [0.4, 0.5) is 23.2 Å². The first-order valence-electron chi connectivity index (χ1n) is 11.3. The Morgan fingerprint density at radius 2 is 1.54 bits per heavy atom. The predicted molar refractivity (Wildman–Crippen MR) is 128 cm³/mol. The number of halogens is 4. The molecule has 0 aromatic heterocycles. The van der Waals surface area contributed by atoms with Gasteiger partial charge in [-0.3, -0.25) is 24.0 Å². The summed E-state index contributed by atoms with van der Waals surface area (Å²) in [6.07, 6.45) is -1.01. The number of para-hydroxylation sites is 1. The molecule has 0 saturated heterocycles. The largest absolute Gasteiger partial charge is 0.481 e. The van der Waals surface area contributed by atoms with Crippen LogP contribution in [-0.2, 0) is 29.4 Å². The Morgan fingerprint density at radius 3 is 2.10 bits per heavy atom. The fourth-order valence-corrected chi connectivity index (χ4v) is 3.25. The number of benzene rings is 2. The highest BCUT2D eigenvalue weighted by atomic mass is 19.2. The lowest BCUT2D eigenvalue weighted by atomic mass is 9.86. The molecule has 0 aliphatic heterocycles. The average molecular weight is 555 g/mol. The molecule has 2 aromatic carbocycles. The summed E-state index contributed by atoms with van der Waals surface area (Å²) in [4.78, 5) is 60.1. The molecule has 0 aliphatic rings. The monoisotopic (exact) mass is 555 g/mol. The molecule has 2 rings (SSSR count). The summed E-state index contributed by atoms with van der Waals surface area (Å²) in [7, 11) is 0. The molecule has 210 valence electrons. The van der Waals surface area contributed by atoms with E-state index in [1.54, 1.807) is 24.3 Å². The maximum Gasteiger partial charge on any atom is 0.313 e. The van der Waals surface area contributed by atoms with Crippen LogP contribution in [0.15, 0.2) is 30.3 Å². The zero-order valence-electron chi connectivity index (χ0n) is 21.0. The standard InChI is InChI=1S/C25H25F4N3O7/c1-25(2,3)12-6-4-5-7-15(12)32-24(38)23(37)30-10-18(34)31-16(9-19(35)36)17(33)11-39-22-20(28)13(26)8-14(27)21(22)29/h4-8,16H,9-11H2,1-3H3,(H,30,37)(H,31,34)(H,32,38)(H,35,36)/t16-/m0/s1. The number of hydrogen-bond acceptors (Lipinski definition) is 6. The maximum absolute atomic E-state index is 13.7. The second-order valence-electron chi connectivity index (χ2n) is 9.20. The summed E-state index contributed by atoms with van der Waals surface area (Å²) in [5.41, 5.74) is 0.741. The lowest BCUT2D eigenvalue weighted by Crippen LogP contribution is -2.49. The van der Waals surface area contributed by atoms with Crippen LogP contribution < -0.4 is 20.7 Å². The van der Waals surface area contributed by atoms with Crippen molar-refractivity contribution >= 4 is 35.2 Å². The highest BCUT2D eigenvalue weighted by Crippen LogP contribution is 2.29. The number of ether oxygens (including phenoxy) is 1. The molecule has 3 amide bonds. The van der Waals surface area contributed by atoms with Gasteiger partial charge in [0.2, 0.25) is 17.5 Å². The fourth-order valence-electron chi connectivity index (χ4n) is 3.25. The van der Waals surface area contributed by atoms with Gasteiger partial charge in [-0.2, -0.15) is 8.78 Å². The van der Waals surface area contributed by atoms with Crippen molar-refractivity contribution in [1.29, 1.82) is 0 Å². The lowest BCUT2D eigenvalue weighted by molar-refractivity contribution is -0.140. The molecule has 10 nitrogen and oxygen atoms in total. The van der Waals surface area contributed by atoms with Crippen molar-refractivity contribution in [1.82, 2.24) is 10.6 Å². The van der Waals surface area contributed by atoms with Gasteiger partial charge >= 0.3 is 17.8 Å². The number of ketones is 1. The van der Waals surface area contributed by atoms with Gasteiger partial charge in [-0.05, 0) is 17.0 Å². The Kier molecular flexibility index (Phi) is 10.1. The topological polar surface area (TPSA) is 151 Å². The minimum absolute atomic E-state index is 0.0787. The Balaban J connectivity index is 1.99. The molecule has 0 unspecified atom stereocenters. The third-order valence-corrected chi connectivity index (χ3v) is 5.13. The number of carboxylic acid groups (broad SMARTS) is 1. The first-order valence-corrected chi connectivity index (χ1v) is 11.3. The fraction of sp³-hybridized carbons (Fsp3) is 0.320. The number of carboxylic acids is 1. The summed E-state index contributed by atoms with van der Waals surface area (Å²) < 4.78 is 58.6. The van der Waals surface area contributed by atoms with Gasteiger partial charge in [0.05, 0.1) is 13.0 Å². The Bertz CT molecular complexity index is 1270. The van der Waals surface area contributed by atoms with E-state index in [-0.39, 0.29) is 11.5 Å². The van der Waals surface area contributed by atoms with E-state index in [4.69, 9.17) is 5.11 Å². The van der Waals surface area contributed by atoms with Gasteiger partial charge < -0.3 is 25.8 Å². The van der Waals surface area contributed by atoms with Crippen molar-refractivity contribution in [2.75, 3.05) is 18.5 Å².